The molecule has 6 nitrogen and oxygen atoms in total. The van der Waals surface area contributed by atoms with Gasteiger partial charge in [0.25, 0.3) is 5.69 Å². The molecule has 1 unspecified atom stereocenters. The number of anilines is 1. The van der Waals surface area contributed by atoms with Gasteiger partial charge in [0.15, 0.2) is 0 Å². The summed E-state index contributed by atoms with van der Waals surface area (Å²) in [5.41, 5.74) is 0.800. The molecular weight excluding hydrogens is 258 g/mol. The molecule has 1 aromatic carbocycles. The van der Waals surface area contributed by atoms with Gasteiger partial charge in [0, 0.05) is 30.6 Å². The molecule has 1 saturated heterocycles. The lowest BCUT2D eigenvalue weighted by Crippen LogP contribution is -2.38. The normalized spacial score (nSPS) is 19.2. The minimum Gasteiger partial charge on any atom is -0.391 e. The van der Waals surface area contributed by atoms with Gasteiger partial charge in [-0.1, -0.05) is 0 Å². The highest BCUT2D eigenvalue weighted by molar-refractivity contribution is 5.82. The highest BCUT2D eigenvalue weighted by Crippen LogP contribution is 2.24. The number of aromatic nitrogens is 1. The average Bonchev–Trinajstić information content (AvgIpc) is 2.46. The Kier molecular flexibility index (Phi) is 3.23. The van der Waals surface area contributed by atoms with Crippen molar-refractivity contribution in [2.75, 3.05) is 18.0 Å². The second-order valence-corrected chi connectivity index (χ2v) is 5.05. The summed E-state index contributed by atoms with van der Waals surface area (Å²) in [6, 6.07) is 8.34. The third-order valence-corrected chi connectivity index (χ3v) is 3.59. The lowest BCUT2D eigenvalue weighted by molar-refractivity contribution is -0.384. The van der Waals surface area contributed by atoms with Crippen LogP contribution in [0.15, 0.2) is 30.3 Å². The number of piperidine rings is 1. The van der Waals surface area contributed by atoms with E-state index in [-0.39, 0.29) is 11.8 Å². The molecule has 1 fully saturated rings. The van der Waals surface area contributed by atoms with Gasteiger partial charge in [-0.25, -0.2) is 4.98 Å². The molecule has 2 aromatic rings. The van der Waals surface area contributed by atoms with E-state index in [0.717, 1.165) is 36.1 Å². The fourth-order valence-electron chi connectivity index (χ4n) is 2.55. The number of benzene rings is 1. The SMILES string of the molecule is O=[N+]([O-])c1ccc2nc(N3CCCC(O)C3)ccc2c1. The van der Waals surface area contributed by atoms with Crippen LogP contribution in [0, 0.1) is 10.1 Å². The molecule has 1 aliphatic heterocycles. The zero-order valence-electron chi connectivity index (χ0n) is 10.9. The van der Waals surface area contributed by atoms with Crippen LogP contribution in [-0.4, -0.2) is 34.2 Å². The lowest BCUT2D eigenvalue weighted by Gasteiger charge is -2.31. The van der Waals surface area contributed by atoms with Crippen LogP contribution in [0.5, 0.6) is 0 Å². The maximum Gasteiger partial charge on any atom is 0.270 e. The lowest BCUT2D eigenvalue weighted by atomic mass is 10.1. The van der Waals surface area contributed by atoms with Crippen LogP contribution in [0.2, 0.25) is 0 Å². The fourth-order valence-corrected chi connectivity index (χ4v) is 2.55. The van der Waals surface area contributed by atoms with Crippen molar-refractivity contribution >= 4 is 22.4 Å². The molecule has 0 amide bonds. The predicted molar refractivity (Wildman–Crippen MR) is 75.9 cm³/mol. The first-order valence-electron chi connectivity index (χ1n) is 6.62. The van der Waals surface area contributed by atoms with E-state index in [1.165, 1.54) is 12.1 Å². The van der Waals surface area contributed by atoms with Crippen LogP contribution in [0.3, 0.4) is 0 Å². The topological polar surface area (TPSA) is 79.5 Å². The Morgan fingerprint density at radius 2 is 2.20 bits per heavy atom. The summed E-state index contributed by atoms with van der Waals surface area (Å²) in [6.07, 6.45) is 1.47. The number of nitro groups is 1. The smallest absolute Gasteiger partial charge is 0.270 e. The summed E-state index contributed by atoms with van der Waals surface area (Å²) in [6.45, 7) is 1.47. The summed E-state index contributed by atoms with van der Waals surface area (Å²) in [5, 5.41) is 21.2. The van der Waals surface area contributed by atoms with Gasteiger partial charge in [0.1, 0.15) is 5.82 Å². The number of aliphatic hydroxyl groups excluding tert-OH is 1. The number of β-amino-alcohol motifs (C(OH)–C–C–N with tert-alkyl or cyclic N) is 1. The highest BCUT2D eigenvalue weighted by atomic mass is 16.6. The molecule has 0 saturated carbocycles. The molecular formula is C14H15N3O3. The van der Waals surface area contributed by atoms with E-state index in [2.05, 4.69) is 9.88 Å². The number of hydrogen-bond acceptors (Lipinski definition) is 5. The number of non-ortho nitro benzene ring substituents is 1. The van der Waals surface area contributed by atoms with Crippen molar-refractivity contribution in [2.24, 2.45) is 0 Å². The predicted octanol–water partition coefficient (Wildman–Crippen LogP) is 2.10. The van der Waals surface area contributed by atoms with Crippen molar-refractivity contribution in [1.82, 2.24) is 4.98 Å². The van der Waals surface area contributed by atoms with Crippen molar-refractivity contribution in [2.45, 2.75) is 18.9 Å². The molecule has 3 rings (SSSR count). The van der Waals surface area contributed by atoms with Crippen molar-refractivity contribution in [3.63, 3.8) is 0 Å². The first-order valence-corrected chi connectivity index (χ1v) is 6.62. The molecule has 0 bridgehead atoms. The van der Waals surface area contributed by atoms with E-state index in [1.807, 2.05) is 12.1 Å². The van der Waals surface area contributed by atoms with E-state index < -0.39 is 4.92 Å². The Morgan fingerprint density at radius 1 is 1.35 bits per heavy atom. The molecule has 6 heteroatoms. The van der Waals surface area contributed by atoms with Gasteiger partial charge in [0.05, 0.1) is 16.5 Å². The largest absolute Gasteiger partial charge is 0.391 e. The third-order valence-electron chi connectivity index (χ3n) is 3.59. The standard InChI is InChI=1S/C14H15N3O3/c18-12-2-1-7-16(9-12)14-6-3-10-8-11(17(19)20)4-5-13(10)15-14/h3-6,8,12,18H,1-2,7,9H2. The second-order valence-electron chi connectivity index (χ2n) is 5.05. The molecule has 1 atom stereocenters. The molecule has 1 aromatic heterocycles. The highest BCUT2D eigenvalue weighted by Gasteiger charge is 2.19. The summed E-state index contributed by atoms with van der Waals surface area (Å²) in [4.78, 5) is 16.9. The van der Waals surface area contributed by atoms with E-state index in [4.69, 9.17) is 0 Å². The number of aliphatic hydroxyl groups is 1. The fraction of sp³-hybridized carbons (Fsp3) is 0.357. The monoisotopic (exact) mass is 273 g/mol. The van der Waals surface area contributed by atoms with Gasteiger partial charge < -0.3 is 10.0 Å². The Labute approximate surface area is 115 Å². The van der Waals surface area contributed by atoms with Crippen LogP contribution in [0.4, 0.5) is 11.5 Å². The summed E-state index contributed by atoms with van der Waals surface area (Å²) >= 11 is 0. The van der Waals surface area contributed by atoms with Crippen LogP contribution in [0.1, 0.15) is 12.8 Å². The molecule has 1 aliphatic rings. The first kappa shape index (κ1) is 12.8. The Morgan fingerprint density at radius 3 is 2.95 bits per heavy atom. The first-order chi connectivity index (χ1) is 9.63. The minimum absolute atomic E-state index is 0.0699. The summed E-state index contributed by atoms with van der Waals surface area (Å²) < 4.78 is 0. The summed E-state index contributed by atoms with van der Waals surface area (Å²) in [7, 11) is 0. The van der Waals surface area contributed by atoms with Crippen molar-refractivity contribution in [3.05, 3.63) is 40.4 Å². The molecule has 1 N–H and O–H groups in total. The summed E-state index contributed by atoms with van der Waals surface area (Å²) in [5.74, 6) is 0.810. The van der Waals surface area contributed by atoms with Crippen molar-refractivity contribution < 1.29 is 10.0 Å². The number of nitrogens with zero attached hydrogens (tertiary/aromatic N) is 3. The van der Waals surface area contributed by atoms with Crippen LogP contribution < -0.4 is 4.90 Å². The van der Waals surface area contributed by atoms with Gasteiger partial charge >= 0.3 is 0 Å². The zero-order chi connectivity index (χ0) is 14.1. The molecule has 0 spiro atoms. The number of pyridine rings is 1. The second kappa shape index (κ2) is 5.05. The Bertz CT molecular complexity index is 659. The quantitative estimate of drug-likeness (QED) is 0.669. The van der Waals surface area contributed by atoms with E-state index in [0.29, 0.717) is 6.54 Å². The molecule has 2 heterocycles. The number of fused-ring (bicyclic) bond motifs is 1. The van der Waals surface area contributed by atoms with Crippen molar-refractivity contribution in [3.8, 4) is 0 Å². The van der Waals surface area contributed by atoms with Crippen LogP contribution >= 0.6 is 0 Å². The number of nitro benzene ring substituents is 1. The van der Waals surface area contributed by atoms with Gasteiger partial charge in [-0.3, -0.25) is 10.1 Å². The number of rotatable bonds is 2. The molecule has 0 radical (unpaired) electrons. The molecule has 0 aliphatic carbocycles. The number of hydrogen-bond donors (Lipinski definition) is 1. The maximum absolute atomic E-state index is 10.7. The van der Waals surface area contributed by atoms with Crippen LogP contribution in [0.25, 0.3) is 10.9 Å². The average molecular weight is 273 g/mol. The maximum atomic E-state index is 10.7. The van der Waals surface area contributed by atoms with Gasteiger partial charge in [-0.15, -0.1) is 0 Å². The zero-order valence-corrected chi connectivity index (χ0v) is 10.9. The van der Waals surface area contributed by atoms with Gasteiger partial charge in [-0.2, -0.15) is 0 Å². The van der Waals surface area contributed by atoms with E-state index >= 15 is 0 Å². The Balaban J connectivity index is 1.94. The Hall–Kier alpha value is -2.21. The minimum atomic E-state index is -0.408. The molecule has 20 heavy (non-hydrogen) atoms. The van der Waals surface area contributed by atoms with E-state index in [1.54, 1.807) is 6.07 Å². The van der Waals surface area contributed by atoms with Crippen molar-refractivity contribution in [1.29, 1.82) is 0 Å². The molecule has 104 valence electrons. The van der Waals surface area contributed by atoms with Crippen LogP contribution in [-0.2, 0) is 0 Å². The van der Waals surface area contributed by atoms with E-state index in [9.17, 15) is 15.2 Å². The van der Waals surface area contributed by atoms with Gasteiger partial charge in [-0.05, 0) is 31.0 Å². The third kappa shape index (κ3) is 2.42. The van der Waals surface area contributed by atoms with Gasteiger partial charge in [0.2, 0.25) is 0 Å².